The summed E-state index contributed by atoms with van der Waals surface area (Å²) in [5, 5.41) is 5.98. The Kier molecular flexibility index (Phi) is 5.09. The van der Waals surface area contributed by atoms with E-state index in [0.717, 1.165) is 16.6 Å². The molecule has 0 amide bonds. The van der Waals surface area contributed by atoms with Gasteiger partial charge in [0.05, 0.1) is 17.3 Å². The standard InChI is InChI=1S/C20H14FN3O.ClH/c21-15-10-8-14(9-11-15)13-18-16-5-1-2-6-17(16)20(25)24(23-18)19-7-3-4-12-22-19;/h1-12H,13H2;1H. The van der Waals surface area contributed by atoms with Gasteiger partial charge in [0.1, 0.15) is 5.82 Å². The second-order valence-electron chi connectivity index (χ2n) is 5.76. The topological polar surface area (TPSA) is 49.0 Å². The first-order valence-electron chi connectivity index (χ1n) is 7.95. The maximum Gasteiger partial charge on any atom is 0.367 e. The highest BCUT2D eigenvalue weighted by Gasteiger charge is 2.18. The van der Waals surface area contributed by atoms with Crippen LogP contribution in [0.1, 0.15) is 11.3 Å². The van der Waals surface area contributed by atoms with Crippen molar-refractivity contribution < 1.29 is 21.8 Å². The number of fused-ring (bicyclic) bond motifs is 1. The van der Waals surface area contributed by atoms with Crippen molar-refractivity contribution in [2.45, 2.75) is 6.42 Å². The fourth-order valence-electron chi connectivity index (χ4n) is 2.86. The maximum atomic E-state index is 13.2. The molecular weight excluding hydrogens is 353 g/mol. The molecule has 4 nitrogen and oxygen atoms in total. The van der Waals surface area contributed by atoms with Crippen LogP contribution < -0.4 is 23.0 Å². The quantitative estimate of drug-likeness (QED) is 0.509. The van der Waals surface area contributed by atoms with E-state index in [-0.39, 0.29) is 23.8 Å². The van der Waals surface area contributed by atoms with Crippen LogP contribution >= 0.6 is 0 Å². The van der Waals surface area contributed by atoms with Gasteiger partial charge in [-0.1, -0.05) is 46.2 Å². The molecule has 2 aromatic heterocycles. The predicted molar refractivity (Wildman–Crippen MR) is 93.1 cm³/mol. The minimum atomic E-state index is -0.273. The van der Waals surface area contributed by atoms with Crippen LogP contribution in [-0.2, 0) is 6.42 Å². The van der Waals surface area contributed by atoms with E-state index in [1.54, 1.807) is 30.5 Å². The summed E-state index contributed by atoms with van der Waals surface area (Å²) in [6.07, 6.45) is 2.26. The smallest absolute Gasteiger partial charge is 0.367 e. The van der Waals surface area contributed by atoms with E-state index in [2.05, 4.69) is 10.1 Å². The Bertz CT molecular complexity index is 1100. The third-order valence-corrected chi connectivity index (χ3v) is 4.09. The number of hydrogen-bond acceptors (Lipinski definition) is 2. The second-order valence-corrected chi connectivity index (χ2v) is 5.76. The number of H-pyrrole nitrogens is 1. The molecule has 2 heterocycles. The monoisotopic (exact) mass is 367 g/mol. The van der Waals surface area contributed by atoms with Gasteiger partial charge in [-0.2, -0.15) is 0 Å². The molecule has 2 aromatic carbocycles. The molecule has 0 fully saturated rings. The summed E-state index contributed by atoms with van der Waals surface area (Å²) < 4.78 is 14.5. The Morgan fingerprint density at radius 1 is 0.923 bits per heavy atom. The van der Waals surface area contributed by atoms with Crippen LogP contribution in [0.15, 0.2) is 77.7 Å². The van der Waals surface area contributed by atoms with E-state index in [4.69, 9.17) is 0 Å². The average molecular weight is 368 g/mol. The van der Waals surface area contributed by atoms with Gasteiger partial charge in [-0.3, -0.25) is 0 Å². The van der Waals surface area contributed by atoms with Gasteiger partial charge in [0, 0.05) is 17.9 Å². The molecule has 4 rings (SSSR count). The highest BCUT2D eigenvalue weighted by Crippen LogP contribution is 2.18. The number of hydrogen-bond donors (Lipinski definition) is 0. The van der Waals surface area contributed by atoms with E-state index >= 15 is 0 Å². The largest absolute Gasteiger partial charge is 1.00 e. The molecule has 0 aliphatic rings. The minimum absolute atomic E-state index is 0. The van der Waals surface area contributed by atoms with Crippen LogP contribution in [0.25, 0.3) is 16.6 Å². The zero-order valence-electron chi connectivity index (χ0n) is 13.7. The Hall–Kier alpha value is -3.05. The molecule has 0 saturated carbocycles. The lowest BCUT2D eigenvalue weighted by Gasteiger charge is -2.06. The van der Waals surface area contributed by atoms with E-state index in [0.29, 0.717) is 17.6 Å². The van der Waals surface area contributed by atoms with Crippen molar-refractivity contribution in [1.29, 1.82) is 0 Å². The van der Waals surface area contributed by atoms with Crippen LogP contribution in [0.3, 0.4) is 0 Å². The van der Waals surface area contributed by atoms with Gasteiger partial charge in [0.25, 0.3) is 0 Å². The van der Waals surface area contributed by atoms with Crippen molar-refractivity contribution in [1.82, 2.24) is 9.78 Å². The zero-order valence-corrected chi connectivity index (χ0v) is 14.4. The van der Waals surface area contributed by atoms with E-state index < -0.39 is 0 Å². The summed E-state index contributed by atoms with van der Waals surface area (Å²) in [6.45, 7) is 0. The van der Waals surface area contributed by atoms with Gasteiger partial charge in [-0.05, 0) is 29.8 Å². The highest BCUT2D eigenvalue weighted by atomic mass is 35.5. The summed E-state index contributed by atoms with van der Waals surface area (Å²) in [6, 6.07) is 19.2. The van der Waals surface area contributed by atoms with Crippen LogP contribution in [0, 0.1) is 5.82 Å². The number of aromatic nitrogens is 3. The SMILES string of the molecule is O=c1c2ccccc2c(Cc2ccc(F)cc2)nn1-c1cccc[nH+]1.[Cl-]. The molecule has 0 saturated heterocycles. The maximum absolute atomic E-state index is 13.2. The summed E-state index contributed by atoms with van der Waals surface area (Å²) in [4.78, 5) is 15.8. The molecule has 0 bridgehead atoms. The van der Waals surface area contributed by atoms with Crippen molar-refractivity contribution in [2.75, 3.05) is 0 Å². The Morgan fingerprint density at radius 3 is 2.31 bits per heavy atom. The van der Waals surface area contributed by atoms with Gasteiger partial charge in [-0.15, -0.1) is 0 Å². The Labute approximate surface area is 155 Å². The van der Waals surface area contributed by atoms with Gasteiger partial charge >= 0.3 is 11.4 Å². The fraction of sp³-hybridized carbons (Fsp3) is 0.0500. The third kappa shape index (κ3) is 3.34. The van der Waals surface area contributed by atoms with E-state index in [1.807, 2.05) is 30.3 Å². The van der Waals surface area contributed by atoms with Crippen molar-refractivity contribution in [2.24, 2.45) is 0 Å². The molecule has 26 heavy (non-hydrogen) atoms. The Morgan fingerprint density at radius 2 is 1.62 bits per heavy atom. The molecule has 130 valence electrons. The third-order valence-electron chi connectivity index (χ3n) is 4.09. The fourth-order valence-corrected chi connectivity index (χ4v) is 2.86. The second kappa shape index (κ2) is 7.45. The number of halogens is 2. The van der Waals surface area contributed by atoms with Crippen LogP contribution in [0.5, 0.6) is 0 Å². The Balaban J connectivity index is 0.00000196. The molecular formula is C20H15ClFN3O. The van der Waals surface area contributed by atoms with Gasteiger partial charge in [0.2, 0.25) is 0 Å². The molecule has 0 atom stereocenters. The van der Waals surface area contributed by atoms with Crippen LogP contribution in [0.2, 0.25) is 0 Å². The van der Waals surface area contributed by atoms with E-state index in [1.165, 1.54) is 16.8 Å². The van der Waals surface area contributed by atoms with E-state index in [9.17, 15) is 9.18 Å². The molecule has 0 radical (unpaired) electrons. The average Bonchev–Trinajstić information content (AvgIpc) is 2.66. The van der Waals surface area contributed by atoms with Gasteiger partial charge in [-0.25, -0.2) is 14.2 Å². The van der Waals surface area contributed by atoms with Crippen molar-refractivity contribution in [3.63, 3.8) is 0 Å². The molecule has 0 aliphatic heterocycles. The number of benzene rings is 2. The number of rotatable bonds is 3. The molecule has 0 aliphatic carbocycles. The van der Waals surface area contributed by atoms with Crippen LogP contribution in [-0.4, -0.2) is 9.78 Å². The number of pyridine rings is 1. The van der Waals surface area contributed by atoms with Crippen LogP contribution in [0.4, 0.5) is 4.39 Å². The highest BCUT2D eigenvalue weighted by molar-refractivity contribution is 5.84. The molecule has 0 unspecified atom stereocenters. The summed E-state index contributed by atoms with van der Waals surface area (Å²) in [5.41, 5.74) is 1.52. The lowest BCUT2D eigenvalue weighted by Crippen LogP contribution is -3.00. The lowest BCUT2D eigenvalue weighted by molar-refractivity contribution is -0.374. The molecule has 4 aromatic rings. The number of nitrogens with one attached hydrogen (secondary N) is 1. The van der Waals surface area contributed by atoms with Gasteiger partial charge < -0.3 is 12.4 Å². The van der Waals surface area contributed by atoms with Crippen molar-refractivity contribution in [3.05, 3.63) is 100 Å². The number of aromatic amines is 1. The summed E-state index contributed by atoms with van der Waals surface area (Å²) in [5.74, 6) is 0.323. The molecule has 6 heteroatoms. The predicted octanol–water partition coefficient (Wildman–Crippen LogP) is -0.0663. The summed E-state index contributed by atoms with van der Waals surface area (Å²) >= 11 is 0. The van der Waals surface area contributed by atoms with Crippen molar-refractivity contribution >= 4 is 10.8 Å². The molecule has 1 N–H and O–H groups in total. The minimum Gasteiger partial charge on any atom is -1.00 e. The zero-order chi connectivity index (χ0) is 17.2. The van der Waals surface area contributed by atoms with Gasteiger partial charge in [0.15, 0.2) is 0 Å². The normalized spacial score (nSPS) is 10.5. The van der Waals surface area contributed by atoms with Crippen molar-refractivity contribution in [3.8, 4) is 5.82 Å². The summed E-state index contributed by atoms with van der Waals surface area (Å²) in [7, 11) is 0. The lowest BCUT2D eigenvalue weighted by atomic mass is 10.0. The first kappa shape index (κ1) is 17.8. The first-order valence-corrected chi connectivity index (χ1v) is 7.95. The first-order chi connectivity index (χ1) is 12.2. The number of nitrogens with zero attached hydrogens (tertiary/aromatic N) is 2. The molecule has 0 spiro atoms.